The molecule has 1 aliphatic carbocycles. The van der Waals surface area contributed by atoms with Crippen LogP contribution in [-0.4, -0.2) is 0 Å². The van der Waals surface area contributed by atoms with E-state index in [1.165, 1.54) is 31.7 Å². The molecule has 1 aromatic rings. The van der Waals surface area contributed by atoms with Gasteiger partial charge in [0, 0.05) is 0 Å². The summed E-state index contributed by atoms with van der Waals surface area (Å²) < 4.78 is 12.6. The van der Waals surface area contributed by atoms with Gasteiger partial charge in [-0.25, -0.2) is 4.39 Å². The van der Waals surface area contributed by atoms with E-state index in [1.807, 2.05) is 26.8 Å². The van der Waals surface area contributed by atoms with Crippen LogP contribution < -0.4 is 0 Å². The molecule has 0 unspecified atom stereocenters. The summed E-state index contributed by atoms with van der Waals surface area (Å²) in [6.07, 6.45) is 5.89. The minimum atomic E-state index is -0.116. The summed E-state index contributed by atoms with van der Waals surface area (Å²) in [4.78, 5) is 0. The van der Waals surface area contributed by atoms with E-state index in [1.54, 1.807) is 13.0 Å². The Bertz CT molecular complexity index is 326. The van der Waals surface area contributed by atoms with Crippen LogP contribution in [0.15, 0.2) is 18.2 Å². The molecule has 0 radical (unpaired) electrons. The third kappa shape index (κ3) is 8.02. The lowest BCUT2D eigenvalue weighted by atomic mass is 9.84. The first-order valence-corrected chi connectivity index (χ1v) is 7.71. The Labute approximate surface area is 119 Å². The Morgan fingerprint density at radius 3 is 1.63 bits per heavy atom. The molecule has 0 aromatic heterocycles. The second kappa shape index (κ2) is 10.00. The van der Waals surface area contributed by atoms with Crippen molar-refractivity contribution in [2.75, 3.05) is 0 Å². The SMILES string of the molecule is CC.CC1CCC(C)CC1.Cc1ccc(C)c(F)c1. The third-order valence-electron chi connectivity index (χ3n) is 3.63. The fraction of sp³-hybridized carbons (Fsp3) is 0.667. The summed E-state index contributed by atoms with van der Waals surface area (Å²) in [6, 6.07) is 5.22. The standard InChI is InChI=1S/C8H9F.C8H16.C2H6/c1-6-3-4-7(2)8(9)5-6;1-7-3-5-8(2)6-4-7;1-2/h3-5H,1-2H3;7-8H,3-6H2,1-2H3;1-2H3. The van der Waals surface area contributed by atoms with Crippen molar-refractivity contribution in [3.05, 3.63) is 35.1 Å². The van der Waals surface area contributed by atoms with Gasteiger partial charge in [-0.05, 0) is 42.9 Å². The van der Waals surface area contributed by atoms with Crippen molar-refractivity contribution in [1.82, 2.24) is 0 Å². The molecule has 1 fully saturated rings. The highest BCUT2D eigenvalue weighted by Crippen LogP contribution is 2.27. The third-order valence-corrected chi connectivity index (χ3v) is 3.63. The highest BCUT2D eigenvalue weighted by molar-refractivity contribution is 5.21. The van der Waals surface area contributed by atoms with Crippen LogP contribution in [0.5, 0.6) is 0 Å². The van der Waals surface area contributed by atoms with Crippen LogP contribution in [0.1, 0.15) is 64.5 Å². The molecule has 0 saturated heterocycles. The first-order chi connectivity index (χ1) is 8.99. The van der Waals surface area contributed by atoms with Gasteiger partial charge in [0.2, 0.25) is 0 Å². The molecule has 1 aromatic carbocycles. The quantitative estimate of drug-likeness (QED) is 0.517. The van der Waals surface area contributed by atoms with Crippen molar-refractivity contribution >= 4 is 0 Å². The number of rotatable bonds is 0. The van der Waals surface area contributed by atoms with Crippen molar-refractivity contribution in [3.8, 4) is 0 Å². The van der Waals surface area contributed by atoms with Gasteiger partial charge in [0.15, 0.2) is 0 Å². The highest BCUT2D eigenvalue weighted by atomic mass is 19.1. The van der Waals surface area contributed by atoms with Gasteiger partial charge in [0.25, 0.3) is 0 Å². The first kappa shape index (κ1) is 18.1. The van der Waals surface area contributed by atoms with Crippen molar-refractivity contribution in [2.24, 2.45) is 11.8 Å². The molecular weight excluding hydrogens is 235 g/mol. The second-order valence-electron chi connectivity index (χ2n) is 5.62. The van der Waals surface area contributed by atoms with Gasteiger partial charge in [-0.1, -0.05) is 65.5 Å². The van der Waals surface area contributed by atoms with Crippen LogP contribution >= 0.6 is 0 Å². The molecule has 110 valence electrons. The normalized spacial score (nSPS) is 21.6. The minimum Gasteiger partial charge on any atom is -0.207 e. The van der Waals surface area contributed by atoms with Crippen LogP contribution in [0.25, 0.3) is 0 Å². The number of hydrogen-bond acceptors (Lipinski definition) is 0. The fourth-order valence-corrected chi connectivity index (χ4v) is 2.12. The zero-order valence-electron chi connectivity index (χ0n) is 13.6. The summed E-state index contributed by atoms with van der Waals surface area (Å²) >= 11 is 0. The molecule has 19 heavy (non-hydrogen) atoms. The van der Waals surface area contributed by atoms with Crippen molar-refractivity contribution < 1.29 is 4.39 Å². The number of aryl methyl sites for hydroxylation is 2. The van der Waals surface area contributed by atoms with E-state index in [4.69, 9.17) is 0 Å². The molecule has 1 saturated carbocycles. The Balaban J connectivity index is 0.000000303. The molecule has 0 spiro atoms. The second-order valence-corrected chi connectivity index (χ2v) is 5.62. The molecule has 0 bridgehead atoms. The van der Waals surface area contributed by atoms with Gasteiger partial charge in [0.05, 0.1) is 0 Å². The van der Waals surface area contributed by atoms with Crippen LogP contribution in [0, 0.1) is 31.5 Å². The summed E-state index contributed by atoms with van der Waals surface area (Å²) in [6.45, 7) is 12.4. The summed E-state index contributed by atoms with van der Waals surface area (Å²) in [5, 5.41) is 0. The lowest BCUT2D eigenvalue weighted by Gasteiger charge is -2.22. The van der Waals surface area contributed by atoms with E-state index >= 15 is 0 Å². The summed E-state index contributed by atoms with van der Waals surface area (Å²) in [5.74, 6) is 1.92. The van der Waals surface area contributed by atoms with E-state index < -0.39 is 0 Å². The van der Waals surface area contributed by atoms with E-state index in [0.29, 0.717) is 5.56 Å². The summed E-state index contributed by atoms with van der Waals surface area (Å²) in [5.41, 5.74) is 1.68. The van der Waals surface area contributed by atoms with Crippen molar-refractivity contribution in [2.45, 2.75) is 67.2 Å². The Morgan fingerprint density at radius 1 is 0.895 bits per heavy atom. The highest BCUT2D eigenvalue weighted by Gasteiger charge is 2.13. The molecule has 1 aliphatic rings. The van der Waals surface area contributed by atoms with Gasteiger partial charge in [-0.3, -0.25) is 0 Å². The maximum Gasteiger partial charge on any atom is 0.126 e. The lowest BCUT2D eigenvalue weighted by molar-refractivity contribution is 0.308. The average Bonchev–Trinajstić information content (AvgIpc) is 2.41. The maximum atomic E-state index is 12.6. The minimum absolute atomic E-state index is 0.116. The Kier molecular flexibility index (Phi) is 9.55. The van der Waals surface area contributed by atoms with Crippen LogP contribution in [-0.2, 0) is 0 Å². The fourth-order valence-electron chi connectivity index (χ4n) is 2.12. The van der Waals surface area contributed by atoms with E-state index in [2.05, 4.69) is 13.8 Å². The van der Waals surface area contributed by atoms with E-state index in [0.717, 1.165) is 17.4 Å². The van der Waals surface area contributed by atoms with Gasteiger partial charge < -0.3 is 0 Å². The van der Waals surface area contributed by atoms with Crippen LogP contribution in [0.3, 0.4) is 0 Å². The first-order valence-electron chi connectivity index (χ1n) is 7.71. The van der Waals surface area contributed by atoms with E-state index in [-0.39, 0.29) is 5.82 Å². The van der Waals surface area contributed by atoms with Gasteiger partial charge >= 0.3 is 0 Å². The van der Waals surface area contributed by atoms with Gasteiger partial charge in [0.1, 0.15) is 5.82 Å². The Hall–Kier alpha value is -0.850. The zero-order chi connectivity index (χ0) is 14.8. The number of halogens is 1. The molecule has 2 rings (SSSR count). The molecule has 1 heteroatoms. The predicted octanol–water partition coefficient (Wildman–Crippen LogP) is 6.30. The van der Waals surface area contributed by atoms with Gasteiger partial charge in [-0.2, -0.15) is 0 Å². The van der Waals surface area contributed by atoms with Crippen LogP contribution in [0.4, 0.5) is 4.39 Å². The zero-order valence-corrected chi connectivity index (χ0v) is 13.6. The molecule has 0 atom stereocenters. The smallest absolute Gasteiger partial charge is 0.126 e. The maximum absolute atomic E-state index is 12.6. The number of hydrogen-bond donors (Lipinski definition) is 0. The number of benzene rings is 1. The molecule has 0 N–H and O–H groups in total. The lowest BCUT2D eigenvalue weighted by Crippen LogP contribution is -2.08. The molecule has 0 heterocycles. The van der Waals surface area contributed by atoms with Crippen molar-refractivity contribution in [1.29, 1.82) is 0 Å². The molecule has 0 nitrogen and oxygen atoms in total. The molecule has 0 amide bonds. The summed E-state index contributed by atoms with van der Waals surface area (Å²) in [7, 11) is 0. The van der Waals surface area contributed by atoms with Crippen molar-refractivity contribution in [3.63, 3.8) is 0 Å². The van der Waals surface area contributed by atoms with Gasteiger partial charge in [-0.15, -0.1) is 0 Å². The monoisotopic (exact) mass is 266 g/mol. The largest absolute Gasteiger partial charge is 0.207 e. The predicted molar refractivity (Wildman–Crippen MR) is 84.0 cm³/mol. The Morgan fingerprint density at radius 2 is 1.32 bits per heavy atom. The van der Waals surface area contributed by atoms with Crippen LogP contribution in [0.2, 0.25) is 0 Å². The average molecular weight is 266 g/mol. The molecular formula is C18H31F. The van der Waals surface area contributed by atoms with E-state index in [9.17, 15) is 4.39 Å². The molecule has 0 aliphatic heterocycles. The topological polar surface area (TPSA) is 0 Å².